The first-order valence-electron chi connectivity index (χ1n) is 10.4. The lowest BCUT2D eigenvalue weighted by atomic mass is 9.94. The third-order valence-corrected chi connectivity index (χ3v) is 6.44. The number of nitrogens with zero attached hydrogens (tertiary/aromatic N) is 2. The summed E-state index contributed by atoms with van der Waals surface area (Å²) in [4.78, 5) is 44.2. The van der Waals surface area contributed by atoms with Gasteiger partial charge in [0.05, 0.1) is 34.3 Å². The lowest BCUT2D eigenvalue weighted by molar-refractivity contribution is -0.131. The number of hydrogen-bond acceptors (Lipinski definition) is 8. The fourth-order valence-corrected chi connectivity index (χ4v) is 4.78. The van der Waals surface area contributed by atoms with Crippen LogP contribution in [0.2, 0.25) is 0 Å². The molecular weight excluding hydrogens is 456 g/mol. The van der Waals surface area contributed by atoms with Crippen molar-refractivity contribution >= 4 is 34.7 Å². The summed E-state index contributed by atoms with van der Waals surface area (Å²) in [5.41, 5.74) is 1.54. The van der Waals surface area contributed by atoms with Gasteiger partial charge in [0.25, 0.3) is 5.91 Å². The summed E-state index contributed by atoms with van der Waals surface area (Å²) in [7, 11) is 1.53. The van der Waals surface area contributed by atoms with Crippen LogP contribution in [0.4, 0.5) is 5.69 Å². The third-order valence-electron chi connectivity index (χ3n) is 5.37. The van der Waals surface area contributed by atoms with Gasteiger partial charge in [-0.2, -0.15) is 0 Å². The molecule has 0 spiro atoms. The standard InChI is InChI=1S/C25H22N2O6S/c1-13-24(34-14(2)26-13)22(29)20-21(16-5-9-19(10-6-16)33-15(3)28)27(25(31)23(20)30)17-7-11-18(32-4)12-8-17/h5-12,21,30H,1-4H3. The van der Waals surface area contributed by atoms with E-state index in [-0.39, 0.29) is 5.57 Å². The molecule has 3 aromatic rings. The molecule has 0 saturated carbocycles. The summed E-state index contributed by atoms with van der Waals surface area (Å²) in [5, 5.41) is 11.6. The highest BCUT2D eigenvalue weighted by molar-refractivity contribution is 7.14. The first-order valence-corrected chi connectivity index (χ1v) is 11.2. The van der Waals surface area contributed by atoms with E-state index in [1.54, 1.807) is 62.4 Å². The van der Waals surface area contributed by atoms with E-state index >= 15 is 0 Å². The fourth-order valence-electron chi connectivity index (χ4n) is 3.91. The maximum atomic E-state index is 13.6. The Bertz CT molecular complexity index is 1310. The van der Waals surface area contributed by atoms with Crippen LogP contribution in [0.1, 0.15) is 38.9 Å². The van der Waals surface area contributed by atoms with Gasteiger partial charge in [0, 0.05) is 12.6 Å². The number of aliphatic hydroxyl groups excluding tert-OH is 1. The minimum absolute atomic E-state index is 0.0344. The monoisotopic (exact) mass is 478 g/mol. The molecule has 0 saturated heterocycles. The average molecular weight is 479 g/mol. The summed E-state index contributed by atoms with van der Waals surface area (Å²) in [6.45, 7) is 4.80. The van der Waals surface area contributed by atoms with E-state index in [1.807, 2.05) is 0 Å². The molecule has 2 aromatic carbocycles. The number of aryl methyl sites for hydroxylation is 2. The molecule has 0 fully saturated rings. The minimum Gasteiger partial charge on any atom is -0.503 e. The molecule has 1 unspecified atom stereocenters. The van der Waals surface area contributed by atoms with Crippen molar-refractivity contribution in [1.29, 1.82) is 0 Å². The van der Waals surface area contributed by atoms with Crippen molar-refractivity contribution in [3.63, 3.8) is 0 Å². The topological polar surface area (TPSA) is 106 Å². The molecule has 2 heterocycles. The summed E-state index contributed by atoms with van der Waals surface area (Å²) in [6, 6.07) is 12.3. The number of carbonyl (C=O) groups is 3. The summed E-state index contributed by atoms with van der Waals surface area (Å²) < 4.78 is 10.3. The second-order valence-corrected chi connectivity index (χ2v) is 8.88. The number of amides is 1. The Kier molecular flexibility index (Phi) is 6.21. The predicted molar refractivity (Wildman–Crippen MR) is 127 cm³/mol. The van der Waals surface area contributed by atoms with Crippen LogP contribution in [0.5, 0.6) is 11.5 Å². The molecule has 1 aliphatic heterocycles. The van der Waals surface area contributed by atoms with Gasteiger partial charge in [-0.05, 0) is 55.8 Å². The molecule has 1 amide bonds. The smallest absolute Gasteiger partial charge is 0.308 e. The van der Waals surface area contributed by atoms with Crippen molar-refractivity contribution in [3.8, 4) is 11.5 Å². The molecule has 0 radical (unpaired) electrons. The molecule has 174 valence electrons. The number of carbonyl (C=O) groups excluding carboxylic acids is 3. The average Bonchev–Trinajstić information content (AvgIpc) is 3.29. The largest absolute Gasteiger partial charge is 0.503 e. The van der Waals surface area contributed by atoms with E-state index in [2.05, 4.69) is 4.98 Å². The lowest BCUT2D eigenvalue weighted by Gasteiger charge is -2.27. The van der Waals surface area contributed by atoms with E-state index in [9.17, 15) is 19.5 Å². The number of aromatic nitrogens is 1. The highest BCUT2D eigenvalue weighted by Crippen LogP contribution is 2.43. The van der Waals surface area contributed by atoms with Crippen LogP contribution in [0.15, 0.2) is 59.9 Å². The number of hydrogen-bond donors (Lipinski definition) is 1. The fraction of sp³-hybridized carbons (Fsp3) is 0.200. The molecular formula is C25H22N2O6S. The highest BCUT2D eigenvalue weighted by atomic mass is 32.1. The van der Waals surface area contributed by atoms with Crippen LogP contribution in [-0.2, 0) is 9.59 Å². The maximum absolute atomic E-state index is 13.6. The first kappa shape index (κ1) is 23.2. The maximum Gasteiger partial charge on any atom is 0.308 e. The Morgan fingerprint density at radius 1 is 1.03 bits per heavy atom. The van der Waals surface area contributed by atoms with Gasteiger partial charge in [0.15, 0.2) is 5.76 Å². The van der Waals surface area contributed by atoms with Gasteiger partial charge in [-0.3, -0.25) is 19.3 Å². The molecule has 1 aromatic heterocycles. The first-order chi connectivity index (χ1) is 16.2. The zero-order valence-electron chi connectivity index (χ0n) is 19.0. The van der Waals surface area contributed by atoms with Gasteiger partial charge in [0.1, 0.15) is 11.5 Å². The van der Waals surface area contributed by atoms with E-state index < -0.39 is 29.5 Å². The Morgan fingerprint density at radius 2 is 1.65 bits per heavy atom. The van der Waals surface area contributed by atoms with Crippen molar-refractivity contribution in [2.75, 3.05) is 12.0 Å². The number of esters is 1. The summed E-state index contributed by atoms with van der Waals surface area (Å²) in [5.74, 6) is -1.30. The zero-order valence-corrected chi connectivity index (χ0v) is 19.8. The second kappa shape index (κ2) is 9.11. The van der Waals surface area contributed by atoms with Crippen LogP contribution in [-0.4, -0.2) is 34.9 Å². The van der Waals surface area contributed by atoms with Crippen molar-refractivity contribution in [2.45, 2.75) is 26.8 Å². The third kappa shape index (κ3) is 4.17. The number of methoxy groups -OCH3 is 1. The van der Waals surface area contributed by atoms with Gasteiger partial charge in [-0.25, -0.2) is 4.98 Å². The Balaban J connectivity index is 1.84. The molecule has 1 aliphatic rings. The van der Waals surface area contributed by atoms with Crippen LogP contribution in [0, 0.1) is 13.8 Å². The molecule has 34 heavy (non-hydrogen) atoms. The number of ether oxygens (including phenoxy) is 2. The van der Waals surface area contributed by atoms with Crippen LogP contribution < -0.4 is 14.4 Å². The van der Waals surface area contributed by atoms with Gasteiger partial charge in [0.2, 0.25) is 5.78 Å². The summed E-state index contributed by atoms with van der Waals surface area (Å²) >= 11 is 1.21. The number of aliphatic hydroxyl groups is 1. The number of ketones is 1. The Labute approximate surface area is 200 Å². The van der Waals surface area contributed by atoms with Crippen molar-refractivity contribution in [1.82, 2.24) is 4.98 Å². The summed E-state index contributed by atoms with van der Waals surface area (Å²) in [6.07, 6.45) is 0. The normalized spacial score (nSPS) is 15.6. The van der Waals surface area contributed by atoms with Crippen LogP contribution in [0.25, 0.3) is 0 Å². The number of benzene rings is 2. The van der Waals surface area contributed by atoms with E-state index in [1.165, 1.54) is 30.3 Å². The SMILES string of the molecule is COc1ccc(N2C(=O)C(O)=C(C(=O)c3sc(C)nc3C)C2c2ccc(OC(C)=O)cc2)cc1. The van der Waals surface area contributed by atoms with Gasteiger partial charge < -0.3 is 14.6 Å². The number of anilines is 1. The van der Waals surface area contributed by atoms with Gasteiger partial charge >= 0.3 is 5.97 Å². The molecule has 0 aliphatic carbocycles. The lowest BCUT2D eigenvalue weighted by Crippen LogP contribution is -2.31. The second-order valence-electron chi connectivity index (χ2n) is 7.68. The van der Waals surface area contributed by atoms with Gasteiger partial charge in [-0.15, -0.1) is 11.3 Å². The van der Waals surface area contributed by atoms with Crippen molar-refractivity contribution < 1.29 is 29.0 Å². The molecule has 0 bridgehead atoms. The van der Waals surface area contributed by atoms with Gasteiger partial charge in [-0.1, -0.05) is 12.1 Å². The highest BCUT2D eigenvalue weighted by Gasteiger charge is 2.45. The molecule has 8 nitrogen and oxygen atoms in total. The molecule has 1 N–H and O–H groups in total. The molecule has 9 heteroatoms. The predicted octanol–water partition coefficient (Wildman–Crippen LogP) is 4.48. The van der Waals surface area contributed by atoms with Crippen LogP contribution in [0.3, 0.4) is 0 Å². The van der Waals surface area contributed by atoms with Crippen molar-refractivity contribution in [3.05, 3.63) is 81.0 Å². The van der Waals surface area contributed by atoms with E-state index in [4.69, 9.17) is 9.47 Å². The number of thiazole rings is 1. The minimum atomic E-state index is -0.901. The molecule has 4 rings (SSSR count). The van der Waals surface area contributed by atoms with Crippen LogP contribution >= 0.6 is 11.3 Å². The quantitative estimate of drug-likeness (QED) is 0.316. The van der Waals surface area contributed by atoms with E-state index in [0.29, 0.717) is 38.3 Å². The number of rotatable bonds is 6. The van der Waals surface area contributed by atoms with E-state index in [0.717, 1.165) is 0 Å². The Hall–Kier alpha value is -3.98. The zero-order chi connectivity index (χ0) is 24.6. The number of Topliss-reactive ketones (excluding diaryl/α,β-unsaturated/α-hetero) is 1. The van der Waals surface area contributed by atoms with Crippen molar-refractivity contribution in [2.24, 2.45) is 0 Å². The molecule has 1 atom stereocenters. The Morgan fingerprint density at radius 3 is 2.18 bits per heavy atom.